The van der Waals surface area contributed by atoms with Gasteiger partial charge >= 0.3 is 0 Å². The molecule has 4 atom stereocenters. The fraction of sp³-hybridized carbons (Fsp3) is 1.00. The normalized spacial score (nSPS) is 42.0. The zero-order valence-electron chi connectivity index (χ0n) is 7.48. The lowest BCUT2D eigenvalue weighted by atomic mass is 9.99. The summed E-state index contributed by atoms with van der Waals surface area (Å²) in [6, 6.07) is 0. The predicted molar refractivity (Wildman–Crippen MR) is 45.6 cm³/mol. The minimum absolute atomic E-state index is 0.0154. The van der Waals surface area contributed by atoms with Gasteiger partial charge in [-0.3, -0.25) is 0 Å². The zero-order chi connectivity index (χ0) is 9.14. The summed E-state index contributed by atoms with van der Waals surface area (Å²) in [4.78, 5) is 0. The van der Waals surface area contributed by atoms with Gasteiger partial charge in [-0.05, 0) is 18.8 Å². The third-order valence-electron chi connectivity index (χ3n) is 2.82. The van der Waals surface area contributed by atoms with E-state index in [4.69, 9.17) is 5.11 Å². The molecule has 0 heterocycles. The van der Waals surface area contributed by atoms with Gasteiger partial charge in [0.2, 0.25) is 0 Å². The fourth-order valence-electron chi connectivity index (χ4n) is 2.07. The second kappa shape index (κ2) is 4.21. The van der Waals surface area contributed by atoms with Gasteiger partial charge in [-0.1, -0.05) is 13.3 Å². The van der Waals surface area contributed by atoms with Crippen LogP contribution in [-0.2, 0) is 0 Å². The topological polar surface area (TPSA) is 60.7 Å². The first-order chi connectivity index (χ1) is 5.70. The molecule has 0 aromatic heterocycles. The number of rotatable bonds is 3. The Balaban J connectivity index is 2.48. The molecular weight excluding hydrogens is 156 g/mol. The summed E-state index contributed by atoms with van der Waals surface area (Å²) >= 11 is 0. The summed E-state index contributed by atoms with van der Waals surface area (Å²) in [5, 5.41) is 27.8. The fourth-order valence-corrected chi connectivity index (χ4v) is 2.07. The van der Waals surface area contributed by atoms with Crippen molar-refractivity contribution in [1.82, 2.24) is 0 Å². The van der Waals surface area contributed by atoms with Crippen molar-refractivity contribution in [3.63, 3.8) is 0 Å². The summed E-state index contributed by atoms with van der Waals surface area (Å²) in [6.45, 7) is 2.05. The third-order valence-corrected chi connectivity index (χ3v) is 2.82. The molecule has 0 unspecified atom stereocenters. The average Bonchev–Trinajstić information content (AvgIpc) is 2.33. The van der Waals surface area contributed by atoms with Crippen molar-refractivity contribution in [1.29, 1.82) is 0 Å². The van der Waals surface area contributed by atoms with Crippen molar-refractivity contribution < 1.29 is 15.3 Å². The van der Waals surface area contributed by atoms with E-state index in [1.165, 1.54) is 0 Å². The molecule has 3 heteroatoms. The van der Waals surface area contributed by atoms with Gasteiger partial charge in [0.25, 0.3) is 0 Å². The SMILES string of the molecule is CCC[C@@H]1C[C@@H](CO)[C@@H](O)[C@@H]1O. The van der Waals surface area contributed by atoms with Crippen LogP contribution in [0.4, 0.5) is 0 Å². The molecule has 72 valence electrons. The van der Waals surface area contributed by atoms with Gasteiger partial charge in [-0.2, -0.15) is 0 Å². The van der Waals surface area contributed by atoms with E-state index < -0.39 is 12.2 Å². The monoisotopic (exact) mass is 174 g/mol. The van der Waals surface area contributed by atoms with Crippen LogP contribution < -0.4 is 0 Å². The molecule has 0 bridgehead atoms. The van der Waals surface area contributed by atoms with Crippen LogP contribution in [0.2, 0.25) is 0 Å². The molecule has 1 fully saturated rings. The van der Waals surface area contributed by atoms with Crippen molar-refractivity contribution in [2.45, 2.75) is 38.4 Å². The molecule has 0 spiro atoms. The Morgan fingerprint density at radius 1 is 1.17 bits per heavy atom. The van der Waals surface area contributed by atoms with Crippen LogP contribution in [0, 0.1) is 11.8 Å². The van der Waals surface area contributed by atoms with E-state index in [2.05, 4.69) is 6.92 Å². The minimum atomic E-state index is -0.716. The largest absolute Gasteiger partial charge is 0.396 e. The van der Waals surface area contributed by atoms with E-state index in [1.54, 1.807) is 0 Å². The van der Waals surface area contributed by atoms with Gasteiger partial charge in [0.1, 0.15) is 0 Å². The van der Waals surface area contributed by atoms with E-state index in [0.717, 1.165) is 19.3 Å². The summed E-state index contributed by atoms with van der Waals surface area (Å²) in [7, 11) is 0. The Kier molecular flexibility index (Phi) is 3.50. The molecule has 0 saturated heterocycles. The van der Waals surface area contributed by atoms with Crippen LogP contribution >= 0.6 is 0 Å². The first-order valence-electron chi connectivity index (χ1n) is 4.67. The quantitative estimate of drug-likeness (QED) is 0.570. The van der Waals surface area contributed by atoms with E-state index in [9.17, 15) is 10.2 Å². The van der Waals surface area contributed by atoms with Gasteiger partial charge in [-0.15, -0.1) is 0 Å². The summed E-state index contributed by atoms with van der Waals surface area (Å²) in [5.74, 6) is 0.0682. The van der Waals surface area contributed by atoms with Crippen molar-refractivity contribution in [3.05, 3.63) is 0 Å². The first kappa shape index (κ1) is 9.96. The first-order valence-corrected chi connectivity index (χ1v) is 4.67. The molecule has 1 saturated carbocycles. The minimum Gasteiger partial charge on any atom is -0.396 e. The summed E-state index contributed by atoms with van der Waals surface area (Å²) in [5.41, 5.74) is 0. The molecule has 1 rings (SSSR count). The molecule has 1 aliphatic carbocycles. The van der Waals surface area contributed by atoms with Crippen LogP contribution in [0.1, 0.15) is 26.2 Å². The molecule has 12 heavy (non-hydrogen) atoms. The van der Waals surface area contributed by atoms with Gasteiger partial charge < -0.3 is 15.3 Å². The molecule has 0 amide bonds. The highest BCUT2D eigenvalue weighted by molar-refractivity contribution is 4.90. The van der Waals surface area contributed by atoms with Crippen molar-refractivity contribution in [3.8, 4) is 0 Å². The third kappa shape index (κ3) is 1.79. The van der Waals surface area contributed by atoms with Crippen LogP contribution in [-0.4, -0.2) is 34.1 Å². The maximum atomic E-state index is 9.53. The van der Waals surface area contributed by atoms with E-state index >= 15 is 0 Å². The van der Waals surface area contributed by atoms with Crippen molar-refractivity contribution in [2.75, 3.05) is 6.61 Å². The number of aliphatic hydroxyl groups excluding tert-OH is 3. The Bertz CT molecular complexity index is 138. The highest BCUT2D eigenvalue weighted by Crippen LogP contribution is 2.34. The molecule has 0 aromatic carbocycles. The molecule has 0 radical (unpaired) electrons. The lowest BCUT2D eigenvalue weighted by Crippen LogP contribution is -2.29. The maximum absolute atomic E-state index is 9.53. The number of hydrogen-bond acceptors (Lipinski definition) is 3. The predicted octanol–water partition coefficient (Wildman–Crippen LogP) is 0.137. The zero-order valence-corrected chi connectivity index (χ0v) is 7.48. The molecule has 0 aliphatic heterocycles. The average molecular weight is 174 g/mol. The molecule has 0 aromatic rings. The Labute approximate surface area is 73.0 Å². The van der Waals surface area contributed by atoms with Crippen LogP contribution in [0.25, 0.3) is 0 Å². The second-order valence-electron chi connectivity index (χ2n) is 3.71. The van der Waals surface area contributed by atoms with E-state index in [-0.39, 0.29) is 18.4 Å². The Morgan fingerprint density at radius 3 is 2.17 bits per heavy atom. The molecule has 3 N–H and O–H groups in total. The van der Waals surface area contributed by atoms with Gasteiger partial charge in [0, 0.05) is 12.5 Å². The number of hydrogen-bond donors (Lipinski definition) is 3. The smallest absolute Gasteiger partial charge is 0.0851 e. The Hall–Kier alpha value is -0.120. The lowest BCUT2D eigenvalue weighted by molar-refractivity contribution is -0.00693. The number of aliphatic hydroxyl groups is 3. The van der Waals surface area contributed by atoms with Gasteiger partial charge in [-0.25, -0.2) is 0 Å². The van der Waals surface area contributed by atoms with Crippen LogP contribution in [0.3, 0.4) is 0 Å². The molecule has 1 aliphatic rings. The summed E-state index contributed by atoms with van der Waals surface area (Å²) in [6.07, 6.45) is 1.38. The second-order valence-corrected chi connectivity index (χ2v) is 3.71. The van der Waals surface area contributed by atoms with Crippen LogP contribution in [0.5, 0.6) is 0 Å². The van der Waals surface area contributed by atoms with Crippen LogP contribution in [0.15, 0.2) is 0 Å². The van der Waals surface area contributed by atoms with Gasteiger partial charge in [0.05, 0.1) is 12.2 Å². The van der Waals surface area contributed by atoms with Crippen molar-refractivity contribution >= 4 is 0 Å². The Morgan fingerprint density at radius 2 is 1.75 bits per heavy atom. The lowest BCUT2D eigenvalue weighted by Gasteiger charge is -2.15. The summed E-state index contributed by atoms with van der Waals surface area (Å²) < 4.78 is 0. The van der Waals surface area contributed by atoms with E-state index in [0.29, 0.717) is 0 Å². The maximum Gasteiger partial charge on any atom is 0.0851 e. The highest BCUT2D eigenvalue weighted by Gasteiger charge is 2.40. The molecule has 3 nitrogen and oxygen atoms in total. The van der Waals surface area contributed by atoms with Gasteiger partial charge in [0.15, 0.2) is 0 Å². The van der Waals surface area contributed by atoms with E-state index in [1.807, 2.05) is 0 Å². The molecular formula is C9H18O3. The highest BCUT2D eigenvalue weighted by atomic mass is 16.3. The standard InChI is InChI=1S/C9H18O3/c1-2-3-6-4-7(5-10)9(12)8(6)11/h6-12H,2-5H2,1H3/t6-,7+,8-,9-/m1/s1. The van der Waals surface area contributed by atoms with Crippen molar-refractivity contribution in [2.24, 2.45) is 11.8 Å².